The van der Waals surface area contributed by atoms with Gasteiger partial charge in [-0.25, -0.2) is 0 Å². The minimum Gasteiger partial charge on any atom is -0.377 e. The van der Waals surface area contributed by atoms with E-state index in [-0.39, 0.29) is 5.41 Å². The Morgan fingerprint density at radius 1 is 1.50 bits per heavy atom. The molecule has 2 unspecified atom stereocenters. The minimum atomic E-state index is -0.200. The molecule has 1 saturated heterocycles. The molecule has 0 radical (unpaired) electrons. The van der Waals surface area contributed by atoms with E-state index < -0.39 is 0 Å². The van der Waals surface area contributed by atoms with Gasteiger partial charge in [-0.3, -0.25) is 0 Å². The van der Waals surface area contributed by atoms with Gasteiger partial charge in [0.15, 0.2) is 0 Å². The smallest absolute Gasteiger partial charge is 0.127 e. The standard InChI is InChI=1S/C13H25NO2/c1-4-13(3,11-15)10-14(5-2)9-12-7-6-8-16-12/h11-12H,4-10H2,1-3H3. The first kappa shape index (κ1) is 13.7. The predicted molar refractivity (Wildman–Crippen MR) is 65.6 cm³/mol. The average molecular weight is 227 g/mol. The van der Waals surface area contributed by atoms with Crippen LogP contribution >= 0.6 is 0 Å². The van der Waals surface area contributed by atoms with Crippen LogP contribution in [0.2, 0.25) is 0 Å². The number of carbonyl (C=O) groups is 1. The van der Waals surface area contributed by atoms with Gasteiger partial charge in [-0.1, -0.05) is 20.8 Å². The van der Waals surface area contributed by atoms with Crippen molar-refractivity contribution < 1.29 is 9.53 Å². The van der Waals surface area contributed by atoms with Gasteiger partial charge >= 0.3 is 0 Å². The van der Waals surface area contributed by atoms with Crippen LogP contribution in [0.15, 0.2) is 0 Å². The van der Waals surface area contributed by atoms with Crippen molar-refractivity contribution in [2.75, 3.05) is 26.2 Å². The van der Waals surface area contributed by atoms with Crippen molar-refractivity contribution in [1.82, 2.24) is 4.90 Å². The molecule has 1 aliphatic rings. The van der Waals surface area contributed by atoms with Gasteiger partial charge in [0.1, 0.15) is 6.29 Å². The summed E-state index contributed by atoms with van der Waals surface area (Å²) in [4.78, 5) is 13.4. The van der Waals surface area contributed by atoms with Crippen molar-refractivity contribution >= 4 is 6.29 Å². The lowest BCUT2D eigenvalue weighted by molar-refractivity contribution is -0.116. The molecule has 3 heteroatoms. The van der Waals surface area contributed by atoms with Crippen LogP contribution in [0.5, 0.6) is 0 Å². The van der Waals surface area contributed by atoms with Gasteiger partial charge in [-0.2, -0.15) is 0 Å². The Balaban J connectivity index is 2.43. The minimum absolute atomic E-state index is 0.200. The molecule has 1 aliphatic heterocycles. The third-order valence-corrected chi connectivity index (χ3v) is 3.61. The number of rotatable bonds is 7. The molecule has 0 aromatic carbocycles. The zero-order valence-corrected chi connectivity index (χ0v) is 10.9. The predicted octanol–water partition coefficient (Wildman–Crippen LogP) is 2.10. The Kier molecular flexibility index (Phi) is 5.42. The normalized spacial score (nSPS) is 24.6. The van der Waals surface area contributed by atoms with E-state index in [9.17, 15) is 4.79 Å². The van der Waals surface area contributed by atoms with Crippen molar-refractivity contribution in [3.05, 3.63) is 0 Å². The van der Waals surface area contributed by atoms with Crippen LogP contribution in [-0.2, 0) is 9.53 Å². The molecule has 0 spiro atoms. The van der Waals surface area contributed by atoms with Crippen molar-refractivity contribution in [3.63, 3.8) is 0 Å². The molecule has 0 saturated carbocycles. The van der Waals surface area contributed by atoms with Crippen LogP contribution in [0.3, 0.4) is 0 Å². The van der Waals surface area contributed by atoms with Crippen molar-refractivity contribution in [1.29, 1.82) is 0 Å². The molecule has 94 valence electrons. The molecule has 0 N–H and O–H groups in total. The van der Waals surface area contributed by atoms with E-state index in [1.165, 1.54) is 12.8 Å². The molecular formula is C13H25NO2. The maximum atomic E-state index is 11.1. The van der Waals surface area contributed by atoms with E-state index in [2.05, 4.69) is 18.7 Å². The SMILES string of the molecule is CCN(CC1CCCO1)CC(C)(C=O)CC. The molecule has 1 fully saturated rings. The van der Waals surface area contributed by atoms with E-state index in [1.54, 1.807) is 0 Å². The first-order chi connectivity index (χ1) is 7.63. The van der Waals surface area contributed by atoms with Gasteiger partial charge in [0.05, 0.1) is 6.10 Å². The summed E-state index contributed by atoms with van der Waals surface area (Å²) in [6, 6.07) is 0. The van der Waals surface area contributed by atoms with E-state index >= 15 is 0 Å². The first-order valence-electron chi connectivity index (χ1n) is 6.44. The lowest BCUT2D eigenvalue weighted by atomic mass is 9.89. The van der Waals surface area contributed by atoms with Crippen LogP contribution < -0.4 is 0 Å². The second-order valence-electron chi connectivity index (χ2n) is 5.09. The molecule has 16 heavy (non-hydrogen) atoms. The van der Waals surface area contributed by atoms with Crippen LogP contribution in [0.4, 0.5) is 0 Å². The lowest BCUT2D eigenvalue weighted by Crippen LogP contribution is -2.40. The summed E-state index contributed by atoms with van der Waals surface area (Å²) in [7, 11) is 0. The van der Waals surface area contributed by atoms with E-state index in [1.807, 2.05) is 6.92 Å². The van der Waals surface area contributed by atoms with Gasteiger partial charge in [0.25, 0.3) is 0 Å². The van der Waals surface area contributed by atoms with Gasteiger partial charge < -0.3 is 14.4 Å². The first-order valence-corrected chi connectivity index (χ1v) is 6.44. The molecular weight excluding hydrogens is 202 g/mol. The zero-order chi connectivity index (χ0) is 12.0. The van der Waals surface area contributed by atoms with Crippen molar-refractivity contribution in [2.45, 2.75) is 46.1 Å². The third kappa shape index (κ3) is 3.87. The largest absolute Gasteiger partial charge is 0.377 e. The summed E-state index contributed by atoms with van der Waals surface area (Å²) in [5.74, 6) is 0. The van der Waals surface area contributed by atoms with E-state index in [0.717, 1.165) is 38.9 Å². The van der Waals surface area contributed by atoms with Gasteiger partial charge in [-0.15, -0.1) is 0 Å². The van der Waals surface area contributed by atoms with Crippen molar-refractivity contribution in [3.8, 4) is 0 Å². The fourth-order valence-electron chi connectivity index (χ4n) is 2.12. The molecule has 0 aromatic heterocycles. The highest BCUT2D eigenvalue weighted by molar-refractivity contribution is 5.58. The second-order valence-corrected chi connectivity index (χ2v) is 5.09. The van der Waals surface area contributed by atoms with E-state index in [4.69, 9.17) is 4.74 Å². The molecule has 1 heterocycles. The topological polar surface area (TPSA) is 29.5 Å². The number of ether oxygens (including phenoxy) is 1. The molecule has 2 atom stereocenters. The molecule has 1 rings (SSSR count). The van der Waals surface area contributed by atoms with Gasteiger partial charge in [0, 0.05) is 25.1 Å². The van der Waals surface area contributed by atoms with Crippen LogP contribution in [0, 0.1) is 5.41 Å². The Bertz CT molecular complexity index is 214. The molecule has 0 amide bonds. The quantitative estimate of drug-likeness (QED) is 0.624. The summed E-state index contributed by atoms with van der Waals surface area (Å²) in [5.41, 5.74) is -0.200. The maximum Gasteiger partial charge on any atom is 0.127 e. The Morgan fingerprint density at radius 3 is 2.69 bits per heavy atom. The maximum absolute atomic E-state index is 11.1. The van der Waals surface area contributed by atoms with Crippen LogP contribution in [-0.4, -0.2) is 43.5 Å². The fourth-order valence-corrected chi connectivity index (χ4v) is 2.12. The Hall–Kier alpha value is -0.410. The Labute approximate surface area is 99.1 Å². The highest BCUT2D eigenvalue weighted by Gasteiger charge is 2.26. The summed E-state index contributed by atoms with van der Waals surface area (Å²) < 4.78 is 5.64. The second kappa shape index (κ2) is 6.36. The highest BCUT2D eigenvalue weighted by atomic mass is 16.5. The summed E-state index contributed by atoms with van der Waals surface area (Å²) in [6.45, 7) is 9.98. The summed E-state index contributed by atoms with van der Waals surface area (Å²) in [6.07, 6.45) is 4.73. The number of hydrogen-bond acceptors (Lipinski definition) is 3. The molecule has 0 aliphatic carbocycles. The molecule has 0 bridgehead atoms. The van der Waals surface area contributed by atoms with Crippen LogP contribution in [0.1, 0.15) is 40.0 Å². The van der Waals surface area contributed by atoms with Crippen LogP contribution in [0.25, 0.3) is 0 Å². The third-order valence-electron chi connectivity index (χ3n) is 3.61. The number of likely N-dealkylation sites (N-methyl/N-ethyl adjacent to an activating group) is 1. The lowest BCUT2D eigenvalue weighted by Gasteiger charge is -2.31. The van der Waals surface area contributed by atoms with Gasteiger partial charge in [-0.05, 0) is 25.8 Å². The number of hydrogen-bond donors (Lipinski definition) is 0. The Morgan fingerprint density at radius 2 is 2.25 bits per heavy atom. The van der Waals surface area contributed by atoms with Gasteiger partial charge in [0.2, 0.25) is 0 Å². The molecule has 3 nitrogen and oxygen atoms in total. The van der Waals surface area contributed by atoms with E-state index in [0.29, 0.717) is 6.10 Å². The zero-order valence-electron chi connectivity index (χ0n) is 10.9. The average Bonchev–Trinajstić information content (AvgIpc) is 2.80. The summed E-state index contributed by atoms with van der Waals surface area (Å²) >= 11 is 0. The number of aldehydes is 1. The highest BCUT2D eigenvalue weighted by Crippen LogP contribution is 2.21. The number of nitrogens with zero attached hydrogens (tertiary/aromatic N) is 1. The molecule has 0 aromatic rings. The number of carbonyl (C=O) groups excluding carboxylic acids is 1. The monoisotopic (exact) mass is 227 g/mol. The fraction of sp³-hybridized carbons (Fsp3) is 0.923. The summed E-state index contributed by atoms with van der Waals surface area (Å²) in [5, 5.41) is 0. The van der Waals surface area contributed by atoms with Crippen molar-refractivity contribution in [2.24, 2.45) is 5.41 Å².